The lowest BCUT2D eigenvalue weighted by atomic mass is 10.0. The van der Waals surface area contributed by atoms with E-state index in [4.69, 9.17) is 9.47 Å². The summed E-state index contributed by atoms with van der Waals surface area (Å²) in [5, 5.41) is 5.52. The smallest absolute Gasteiger partial charge is 0.262 e. The first-order valence-electron chi connectivity index (χ1n) is 11.5. The van der Waals surface area contributed by atoms with E-state index in [2.05, 4.69) is 10.6 Å². The van der Waals surface area contributed by atoms with Gasteiger partial charge in [-0.25, -0.2) is 8.42 Å². The second kappa shape index (κ2) is 10.4. The second-order valence-electron chi connectivity index (χ2n) is 8.26. The van der Waals surface area contributed by atoms with Gasteiger partial charge in [0.05, 0.1) is 17.2 Å². The quantitative estimate of drug-likeness (QED) is 0.591. The molecular weight excluding hydrogens is 458 g/mol. The van der Waals surface area contributed by atoms with Crippen LogP contribution in [0.3, 0.4) is 0 Å². The molecule has 1 fully saturated rings. The average molecular weight is 488 g/mol. The van der Waals surface area contributed by atoms with Gasteiger partial charge in [-0.2, -0.15) is 4.31 Å². The number of nitrogens with one attached hydrogen (secondary N) is 2. The molecule has 0 radical (unpaired) electrons. The fourth-order valence-corrected chi connectivity index (χ4v) is 5.63. The maximum Gasteiger partial charge on any atom is 0.262 e. The van der Waals surface area contributed by atoms with E-state index in [0.29, 0.717) is 44.0 Å². The Hall–Kier alpha value is -3.11. The number of nitrogens with zero attached hydrogens (tertiary/aromatic N) is 1. The van der Waals surface area contributed by atoms with Crippen molar-refractivity contribution in [3.05, 3.63) is 42.0 Å². The fraction of sp³-hybridized carbons (Fsp3) is 0.417. The third-order valence-electron chi connectivity index (χ3n) is 5.82. The fourth-order valence-electron chi connectivity index (χ4n) is 4.09. The number of anilines is 2. The maximum atomic E-state index is 13.1. The normalized spacial score (nSPS) is 16.3. The summed E-state index contributed by atoms with van der Waals surface area (Å²) in [7, 11) is -3.65. The first-order valence-corrected chi connectivity index (χ1v) is 12.9. The lowest BCUT2D eigenvalue weighted by molar-refractivity contribution is -0.118. The number of amides is 2. The highest BCUT2D eigenvalue weighted by atomic mass is 32.2. The van der Waals surface area contributed by atoms with E-state index in [-0.39, 0.29) is 23.1 Å². The number of piperidine rings is 1. The Balaban J connectivity index is 1.46. The number of benzene rings is 2. The van der Waals surface area contributed by atoms with Crippen LogP contribution in [-0.4, -0.2) is 50.8 Å². The van der Waals surface area contributed by atoms with Crippen molar-refractivity contribution in [3.8, 4) is 11.5 Å². The van der Waals surface area contributed by atoms with Crippen LogP contribution in [0.5, 0.6) is 11.5 Å². The summed E-state index contributed by atoms with van der Waals surface area (Å²) in [6.07, 6.45) is 3.72. The number of hydrogen-bond donors (Lipinski definition) is 2. The van der Waals surface area contributed by atoms with Gasteiger partial charge in [-0.15, -0.1) is 0 Å². The van der Waals surface area contributed by atoms with Crippen LogP contribution in [0.15, 0.2) is 41.3 Å². The summed E-state index contributed by atoms with van der Waals surface area (Å²) < 4.78 is 38.8. The SMILES string of the molecule is CCOc1ccc(S(=O)(=O)N2CCCCC2)cc1NC(=O)COc1ccc2c(c1)CCC(=O)N2. The Morgan fingerprint density at radius 1 is 1.06 bits per heavy atom. The molecule has 0 atom stereocenters. The Bertz CT molecular complexity index is 1180. The number of hydrogen-bond acceptors (Lipinski definition) is 6. The highest BCUT2D eigenvalue weighted by molar-refractivity contribution is 7.89. The molecular formula is C24H29N3O6S. The van der Waals surface area contributed by atoms with Crippen LogP contribution in [0.1, 0.15) is 38.2 Å². The summed E-state index contributed by atoms with van der Waals surface area (Å²) in [5.74, 6) is 0.434. The maximum absolute atomic E-state index is 13.1. The lowest BCUT2D eigenvalue weighted by Gasteiger charge is -2.26. The Labute approximate surface area is 199 Å². The van der Waals surface area contributed by atoms with E-state index in [1.54, 1.807) is 24.3 Å². The molecule has 2 N–H and O–H groups in total. The van der Waals surface area contributed by atoms with Crippen molar-refractivity contribution in [2.45, 2.75) is 43.9 Å². The number of rotatable bonds is 8. The van der Waals surface area contributed by atoms with E-state index < -0.39 is 15.9 Å². The van der Waals surface area contributed by atoms with Gasteiger partial charge in [-0.05, 0) is 68.1 Å². The van der Waals surface area contributed by atoms with Gasteiger partial charge in [-0.3, -0.25) is 9.59 Å². The number of carbonyl (C=O) groups is 2. The molecule has 2 aromatic carbocycles. The molecule has 9 nitrogen and oxygen atoms in total. The molecule has 0 spiro atoms. The van der Waals surface area contributed by atoms with Crippen molar-refractivity contribution < 1.29 is 27.5 Å². The minimum Gasteiger partial charge on any atom is -0.492 e. The monoisotopic (exact) mass is 487 g/mol. The van der Waals surface area contributed by atoms with Crippen LogP contribution in [0, 0.1) is 0 Å². The van der Waals surface area contributed by atoms with Crippen molar-refractivity contribution in [2.24, 2.45) is 0 Å². The summed E-state index contributed by atoms with van der Waals surface area (Å²) in [6, 6.07) is 9.76. The number of sulfonamides is 1. The van der Waals surface area contributed by atoms with Crippen molar-refractivity contribution in [2.75, 3.05) is 36.9 Å². The van der Waals surface area contributed by atoms with Crippen molar-refractivity contribution >= 4 is 33.2 Å². The van der Waals surface area contributed by atoms with E-state index in [1.807, 2.05) is 6.92 Å². The third-order valence-corrected chi connectivity index (χ3v) is 7.71. The first-order chi connectivity index (χ1) is 16.4. The van der Waals surface area contributed by atoms with Gasteiger partial charge in [0.2, 0.25) is 15.9 Å². The predicted molar refractivity (Wildman–Crippen MR) is 128 cm³/mol. The zero-order valence-corrected chi connectivity index (χ0v) is 19.9. The summed E-state index contributed by atoms with van der Waals surface area (Å²) >= 11 is 0. The molecule has 2 aliphatic heterocycles. The molecule has 0 saturated carbocycles. The predicted octanol–water partition coefficient (Wildman–Crippen LogP) is 3.16. The second-order valence-corrected chi connectivity index (χ2v) is 10.2. The highest BCUT2D eigenvalue weighted by Gasteiger charge is 2.27. The number of aryl methyl sites for hydroxylation is 1. The van der Waals surface area contributed by atoms with Crippen LogP contribution in [0.4, 0.5) is 11.4 Å². The molecule has 2 aromatic rings. The lowest BCUT2D eigenvalue weighted by Crippen LogP contribution is -2.35. The van der Waals surface area contributed by atoms with Gasteiger partial charge < -0.3 is 20.1 Å². The minimum atomic E-state index is -3.65. The van der Waals surface area contributed by atoms with Crippen LogP contribution in [-0.2, 0) is 26.0 Å². The summed E-state index contributed by atoms with van der Waals surface area (Å²) in [4.78, 5) is 24.2. The standard InChI is InChI=1S/C24H29N3O6S/c1-2-32-22-10-8-19(34(30,31)27-12-4-3-5-13-27)15-21(22)26-24(29)16-33-18-7-9-20-17(14-18)6-11-23(28)25-20/h7-10,14-15H,2-6,11-13,16H2,1H3,(H,25,28)(H,26,29). The van der Waals surface area contributed by atoms with Gasteiger partial charge >= 0.3 is 0 Å². The molecule has 34 heavy (non-hydrogen) atoms. The first kappa shape index (κ1) is 24.0. The third kappa shape index (κ3) is 5.51. The topological polar surface area (TPSA) is 114 Å². The van der Waals surface area contributed by atoms with E-state index >= 15 is 0 Å². The molecule has 2 heterocycles. The van der Waals surface area contributed by atoms with Crippen molar-refractivity contribution in [3.63, 3.8) is 0 Å². The minimum absolute atomic E-state index is 0.0184. The van der Waals surface area contributed by atoms with Crippen molar-refractivity contribution in [1.29, 1.82) is 0 Å². The molecule has 182 valence electrons. The summed E-state index contributed by atoms with van der Waals surface area (Å²) in [6.45, 7) is 2.90. The number of fused-ring (bicyclic) bond motifs is 1. The van der Waals surface area contributed by atoms with Gasteiger partial charge in [0.25, 0.3) is 5.91 Å². The molecule has 10 heteroatoms. The Kier molecular flexibility index (Phi) is 7.38. The van der Waals surface area contributed by atoms with Gasteiger partial charge in [0, 0.05) is 25.2 Å². The Morgan fingerprint density at radius 3 is 2.62 bits per heavy atom. The molecule has 0 aromatic heterocycles. The van der Waals surface area contributed by atoms with Crippen LogP contribution >= 0.6 is 0 Å². The van der Waals surface area contributed by atoms with E-state index in [0.717, 1.165) is 30.5 Å². The zero-order chi connectivity index (χ0) is 24.1. The largest absolute Gasteiger partial charge is 0.492 e. The summed E-state index contributed by atoms with van der Waals surface area (Å²) in [5.41, 5.74) is 1.98. The Morgan fingerprint density at radius 2 is 1.85 bits per heavy atom. The van der Waals surface area contributed by atoms with Gasteiger partial charge in [-0.1, -0.05) is 6.42 Å². The molecule has 2 aliphatic rings. The number of ether oxygens (including phenoxy) is 2. The van der Waals surface area contributed by atoms with Crippen LogP contribution in [0.25, 0.3) is 0 Å². The average Bonchev–Trinajstić information content (AvgIpc) is 2.84. The molecule has 0 bridgehead atoms. The molecule has 1 saturated heterocycles. The number of carbonyl (C=O) groups excluding carboxylic acids is 2. The van der Waals surface area contributed by atoms with Gasteiger partial charge in [0.1, 0.15) is 11.5 Å². The molecule has 4 rings (SSSR count). The van der Waals surface area contributed by atoms with Crippen molar-refractivity contribution in [1.82, 2.24) is 4.31 Å². The van der Waals surface area contributed by atoms with Crippen LogP contribution < -0.4 is 20.1 Å². The van der Waals surface area contributed by atoms with Crippen LogP contribution in [0.2, 0.25) is 0 Å². The zero-order valence-electron chi connectivity index (χ0n) is 19.1. The van der Waals surface area contributed by atoms with E-state index in [9.17, 15) is 18.0 Å². The molecule has 0 unspecified atom stereocenters. The molecule has 0 aliphatic carbocycles. The van der Waals surface area contributed by atoms with Gasteiger partial charge in [0.15, 0.2) is 6.61 Å². The molecule has 2 amide bonds. The van der Waals surface area contributed by atoms with E-state index in [1.165, 1.54) is 16.4 Å². The highest BCUT2D eigenvalue weighted by Crippen LogP contribution is 2.31.